The van der Waals surface area contributed by atoms with Gasteiger partial charge in [0.05, 0.1) is 6.61 Å². The van der Waals surface area contributed by atoms with Crippen molar-refractivity contribution < 1.29 is 9.47 Å². The lowest BCUT2D eigenvalue weighted by Crippen LogP contribution is -1.95. The first-order chi connectivity index (χ1) is 3.91. The van der Waals surface area contributed by atoms with E-state index in [0.29, 0.717) is 6.79 Å². The number of hydrogen-bond acceptors (Lipinski definition) is 2. The Morgan fingerprint density at radius 1 is 1.38 bits per heavy atom. The molecule has 0 rings (SSSR count). The van der Waals surface area contributed by atoms with Gasteiger partial charge in [-0.1, -0.05) is 6.92 Å². The lowest BCUT2D eigenvalue weighted by atomic mass is 10.5. The second kappa shape index (κ2) is 6.92. The van der Waals surface area contributed by atoms with E-state index in [9.17, 15) is 0 Å². The largest absolute Gasteiger partial charge is 0.356 e. The van der Waals surface area contributed by atoms with E-state index < -0.39 is 0 Å². The summed E-state index contributed by atoms with van der Waals surface area (Å²) in [6.07, 6.45) is 0.938. The lowest BCUT2D eigenvalue weighted by molar-refractivity contribution is -0.0240. The van der Waals surface area contributed by atoms with Gasteiger partial charge in [0.15, 0.2) is 0 Å². The third-order valence-corrected chi connectivity index (χ3v) is 0.640. The maximum Gasteiger partial charge on any atom is 0.147 e. The van der Waals surface area contributed by atoms with Crippen molar-refractivity contribution in [3.05, 3.63) is 6.61 Å². The molecule has 0 aromatic heterocycles. The van der Waals surface area contributed by atoms with E-state index in [4.69, 9.17) is 9.47 Å². The highest BCUT2D eigenvalue weighted by atomic mass is 16.7. The molecular formula is C6H13O2. The SMILES string of the molecule is CC[CH]OCOCC. The summed E-state index contributed by atoms with van der Waals surface area (Å²) in [5.74, 6) is 0. The summed E-state index contributed by atoms with van der Waals surface area (Å²) in [7, 11) is 0. The zero-order valence-corrected chi connectivity index (χ0v) is 5.52. The molecule has 1 radical (unpaired) electrons. The molecule has 0 unspecified atom stereocenters. The van der Waals surface area contributed by atoms with Crippen molar-refractivity contribution in [1.82, 2.24) is 0 Å². The molecule has 0 spiro atoms. The molecule has 0 aromatic rings. The zero-order chi connectivity index (χ0) is 6.24. The summed E-state index contributed by atoms with van der Waals surface area (Å²) in [5, 5.41) is 0. The van der Waals surface area contributed by atoms with E-state index in [1.54, 1.807) is 6.61 Å². The van der Waals surface area contributed by atoms with Crippen molar-refractivity contribution in [2.75, 3.05) is 13.4 Å². The maximum absolute atomic E-state index is 4.88. The van der Waals surface area contributed by atoms with Gasteiger partial charge in [-0.3, -0.25) is 0 Å². The van der Waals surface area contributed by atoms with Crippen LogP contribution in [0.2, 0.25) is 0 Å². The zero-order valence-electron chi connectivity index (χ0n) is 5.52. The monoisotopic (exact) mass is 117 g/mol. The Bertz CT molecular complexity index is 31.5. The average Bonchev–Trinajstić information content (AvgIpc) is 1.81. The van der Waals surface area contributed by atoms with Gasteiger partial charge in [-0.25, -0.2) is 0 Å². The highest BCUT2D eigenvalue weighted by Crippen LogP contribution is 1.86. The van der Waals surface area contributed by atoms with Gasteiger partial charge < -0.3 is 9.47 Å². The van der Waals surface area contributed by atoms with E-state index in [1.165, 1.54) is 0 Å². The molecule has 0 saturated carbocycles. The van der Waals surface area contributed by atoms with E-state index in [2.05, 4.69) is 0 Å². The van der Waals surface area contributed by atoms with E-state index in [-0.39, 0.29) is 0 Å². The van der Waals surface area contributed by atoms with Crippen LogP contribution >= 0.6 is 0 Å². The minimum Gasteiger partial charge on any atom is -0.356 e. The highest BCUT2D eigenvalue weighted by molar-refractivity contribution is 4.39. The van der Waals surface area contributed by atoms with Crippen LogP contribution in [-0.2, 0) is 9.47 Å². The summed E-state index contributed by atoms with van der Waals surface area (Å²) in [5.41, 5.74) is 0. The molecular weight excluding hydrogens is 104 g/mol. The van der Waals surface area contributed by atoms with Crippen molar-refractivity contribution in [3.8, 4) is 0 Å². The fourth-order valence-corrected chi connectivity index (χ4v) is 0.297. The van der Waals surface area contributed by atoms with Gasteiger partial charge in [-0.2, -0.15) is 0 Å². The van der Waals surface area contributed by atoms with Crippen LogP contribution in [0.5, 0.6) is 0 Å². The minimum absolute atomic E-state index is 0.393. The van der Waals surface area contributed by atoms with Crippen LogP contribution in [0.4, 0.5) is 0 Å². The quantitative estimate of drug-likeness (QED) is 0.402. The van der Waals surface area contributed by atoms with Crippen molar-refractivity contribution in [2.24, 2.45) is 0 Å². The van der Waals surface area contributed by atoms with E-state index in [1.807, 2.05) is 13.8 Å². The van der Waals surface area contributed by atoms with Gasteiger partial charge in [0.25, 0.3) is 0 Å². The number of hydrogen-bond donors (Lipinski definition) is 0. The van der Waals surface area contributed by atoms with Gasteiger partial charge in [-0.15, -0.1) is 0 Å². The molecule has 0 aromatic carbocycles. The first-order valence-electron chi connectivity index (χ1n) is 2.92. The fourth-order valence-electron chi connectivity index (χ4n) is 0.297. The molecule has 0 heterocycles. The van der Waals surface area contributed by atoms with Gasteiger partial charge in [0.1, 0.15) is 6.79 Å². The summed E-state index contributed by atoms with van der Waals surface area (Å²) < 4.78 is 9.76. The van der Waals surface area contributed by atoms with Crippen LogP contribution in [0.25, 0.3) is 0 Å². The second-order valence-corrected chi connectivity index (χ2v) is 1.35. The third kappa shape index (κ3) is 5.92. The topological polar surface area (TPSA) is 18.5 Å². The van der Waals surface area contributed by atoms with Crippen LogP contribution in [0, 0.1) is 6.61 Å². The summed E-state index contributed by atoms with van der Waals surface area (Å²) >= 11 is 0. The summed E-state index contributed by atoms with van der Waals surface area (Å²) in [6.45, 7) is 6.80. The predicted octanol–water partition coefficient (Wildman–Crippen LogP) is 1.57. The Kier molecular flexibility index (Phi) is 6.85. The van der Waals surface area contributed by atoms with Crippen molar-refractivity contribution in [2.45, 2.75) is 20.3 Å². The Labute approximate surface area is 50.8 Å². The minimum atomic E-state index is 0.393. The van der Waals surface area contributed by atoms with Gasteiger partial charge in [0, 0.05) is 6.61 Å². The molecule has 0 saturated heterocycles. The van der Waals surface area contributed by atoms with E-state index in [0.717, 1.165) is 13.0 Å². The van der Waals surface area contributed by atoms with Crippen LogP contribution in [0.1, 0.15) is 20.3 Å². The van der Waals surface area contributed by atoms with Crippen LogP contribution < -0.4 is 0 Å². The lowest BCUT2D eigenvalue weighted by Gasteiger charge is -1.98. The highest BCUT2D eigenvalue weighted by Gasteiger charge is 1.81. The van der Waals surface area contributed by atoms with Crippen molar-refractivity contribution in [1.29, 1.82) is 0 Å². The van der Waals surface area contributed by atoms with Gasteiger partial charge >= 0.3 is 0 Å². The molecule has 2 nitrogen and oxygen atoms in total. The van der Waals surface area contributed by atoms with Crippen LogP contribution in [0.15, 0.2) is 0 Å². The van der Waals surface area contributed by atoms with Gasteiger partial charge in [-0.05, 0) is 13.3 Å². The second-order valence-electron chi connectivity index (χ2n) is 1.35. The summed E-state index contributed by atoms with van der Waals surface area (Å²) in [6, 6.07) is 0. The number of ether oxygens (including phenoxy) is 2. The van der Waals surface area contributed by atoms with Gasteiger partial charge in [0.2, 0.25) is 0 Å². The normalized spacial score (nSPS) is 9.75. The number of rotatable bonds is 5. The molecule has 0 aliphatic heterocycles. The fraction of sp³-hybridized carbons (Fsp3) is 0.833. The van der Waals surface area contributed by atoms with E-state index >= 15 is 0 Å². The molecule has 0 aliphatic rings. The molecule has 8 heavy (non-hydrogen) atoms. The molecule has 0 bridgehead atoms. The molecule has 0 fully saturated rings. The molecule has 0 N–H and O–H groups in total. The maximum atomic E-state index is 4.88. The third-order valence-electron chi connectivity index (χ3n) is 0.640. The Hall–Kier alpha value is -0.0800. The molecule has 0 amide bonds. The summed E-state index contributed by atoms with van der Waals surface area (Å²) in [4.78, 5) is 0. The van der Waals surface area contributed by atoms with Crippen molar-refractivity contribution in [3.63, 3.8) is 0 Å². The van der Waals surface area contributed by atoms with Crippen molar-refractivity contribution >= 4 is 0 Å². The van der Waals surface area contributed by atoms with Crippen LogP contribution in [-0.4, -0.2) is 13.4 Å². The Morgan fingerprint density at radius 2 is 2.12 bits per heavy atom. The first-order valence-corrected chi connectivity index (χ1v) is 2.92. The molecule has 0 atom stereocenters. The van der Waals surface area contributed by atoms with Crippen LogP contribution in [0.3, 0.4) is 0 Å². The predicted molar refractivity (Wildman–Crippen MR) is 32.2 cm³/mol. The smallest absolute Gasteiger partial charge is 0.147 e. The average molecular weight is 117 g/mol. The molecule has 2 heteroatoms. The Balaban J connectivity index is 2.53. The molecule has 49 valence electrons. The Morgan fingerprint density at radius 3 is 2.62 bits per heavy atom. The first kappa shape index (κ1) is 7.92. The molecule has 0 aliphatic carbocycles. The standard InChI is InChI=1S/C6H13O2/c1-3-5-8-6-7-4-2/h5H,3-4,6H2,1-2H3.